The fraction of sp³-hybridized carbons (Fsp3) is 1.00. The standard InChI is InChI=1S/C4H9ClO3S/c1-9(7,8)3-4(6)2-5/h4,6H,2-3H2,1H3. The highest BCUT2D eigenvalue weighted by Crippen LogP contribution is 1.92. The Kier molecular flexibility index (Phi) is 3.46. The zero-order valence-electron chi connectivity index (χ0n) is 5.04. The van der Waals surface area contributed by atoms with E-state index in [4.69, 9.17) is 16.7 Å². The first-order valence-electron chi connectivity index (χ1n) is 2.37. The average Bonchev–Trinajstić information content (AvgIpc) is 1.62. The second-order valence-corrected chi connectivity index (χ2v) is 4.39. The fourth-order valence-electron chi connectivity index (χ4n) is 0.394. The molecule has 1 N–H and O–H groups in total. The first-order chi connectivity index (χ1) is 3.95. The molecular formula is C4H9ClO3S. The van der Waals surface area contributed by atoms with Crippen LogP contribution in [0.1, 0.15) is 0 Å². The molecular weight excluding hydrogens is 164 g/mol. The Morgan fingerprint density at radius 1 is 1.67 bits per heavy atom. The minimum atomic E-state index is -3.07. The van der Waals surface area contributed by atoms with Gasteiger partial charge in [0.05, 0.1) is 11.9 Å². The molecule has 0 saturated carbocycles. The van der Waals surface area contributed by atoms with Crippen molar-refractivity contribution in [3.05, 3.63) is 0 Å². The summed E-state index contributed by atoms with van der Waals surface area (Å²) in [4.78, 5) is 0. The molecule has 0 aliphatic rings. The Bertz CT molecular complexity index is 163. The van der Waals surface area contributed by atoms with Gasteiger partial charge in [0.15, 0.2) is 0 Å². The highest BCUT2D eigenvalue weighted by molar-refractivity contribution is 7.90. The minimum absolute atomic E-state index is 0.0347. The maximum atomic E-state index is 10.4. The van der Waals surface area contributed by atoms with Crippen LogP contribution in [0.4, 0.5) is 0 Å². The lowest BCUT2D eigenvalue weighted by molar-refractivity contribution is 0.221. The second-order valence-electron chi connectivity index (χ2n) is 1.90. The van der Waals surface area contributed by atoms with Crippen LogP contribution in [0.5, 0.6) is 0 Å². The Morgan fingerprint density at radius 2 is 2.11 bits per heavy atom. The predicted molar refractivity (Wildman–Crippen MR) is 36.4 cm³/mol. The quantitative estimate of drug-likeness (QED) is 0.592. The smallest absolute Gasteiger partial charge is 0.150 e. The summed E-state index contributed by atoms with van der Waals surface area (Å²) in [6.07, 6.45) is 0.129. The third-order valence-corrected chi connectivity index (χ3v) is 2.02. The van der Waals surface area contributed by atoms with Crippen LogP contribution >= 0.6 is 11.6 Å². The van der Waals surface area contributed by atoms with E-state index in [1.165, 1.54) is 0 Å². The van der Waals surface area contributed by atoms with Crippen LogP contribution in [0.2, 0.25) is 0 Å². The van der Waals surface area contributed by atoms with Crippen LogP contribution < -0.4 is 0 Å². The molecule has 1 unspecified atom stereocenters. The minimum Gasteiger partial charge on any atom is -0.391 e. The van der Waals surface area contributed by atoms with Gasteiger partial charge < -0.3 is 5.11 Å². The first-order valence-corrected chi connectivity index (χ1v) is 4.97. The summed E-state index contributed by atoms with van der Waals surface area (Å²) in [5, 5.41) is 8.68. The fourth-order valence-corrected chi connectivity index (χ4v) is 1.45. The van der Waals surface area contributed by atoms with Gasteiger partial charge in [0.25, 0.3) is 0 Å². The van der Waals surface area contributed by atoms with Crippen molar-refractivity contribution in [1.82, 2.24) is 0 Å². The van der Waals surface area contributed by atoms with Crippen molar-refractivity contribution in [3.63, 3.8) is 0 Å². The molecule has 0 aliphatic heterocycles. The molecule has 0 aliphatic carbocycles. The van der Waals surface area contributed by atoms with E-state index < -0.39 is 15.9 Å². The van der Waals surface area contributed by atoms with Crippen molar-refractivity contribution >= 4 is 21.4 Å². The third-order valence-electron chi connectivity index (χ3n) is 0.673. The van der Waals surface area contributed by atoms with E-state index in [2.05, 4.69) is 0 Å². The molecule has 0 fully saturated rings. The second kappa shape index (κ2) is 3.39. The van der Waals surface area contributed by atoms with Gasteiger partial charge in [-0.1, -0.05) is 0 Å². The summed E-state index contributed by atoms with van der Waals surface area (Å²) < 4.78 is 20.8. The summed E-state index contributed by atoms with van der Waals surface area (Å²) in [5.74, 6) is -0.288. The highest BCUT2D eigenvalue weighted by atomic mass is 35.5. The molecule has 0 amide bonds. The number of sulfone groups is 1. The molecule has 0 saturated heterocycles. The van der Waals surface area contributed by atoms with E-state index in [0.29, 0.717) is 0 Å². The van der Waals surface area contributed by atoms with Gasteiger partial charge in [-0.3, -0.25) is 0 Å². The maximum absolute atomic E-state index is 10.4. The zero-order chi connectivity index (χ0) is 7.49. The number of alkyl halides is 1. The average molecular weight is 173 g/mol. The van der Waals surface area contributed by atoms with Gasteiger partial charge in [-0.2, -0.15) is 0 Å². The number of aliphatic hydroxyl groups is 1. The van der Waals surface area contributed by atoms with Gasteiger partial charge in [-0.15, -0.1) is 11.6 Å². The predicted octanol–water partition coefficient (Wildman–Crippen LogP) is -0.369. The number of hydrogen-bond donors (Lipinski definition) is 1. The van der Waals surface area contributed by atoms with Gasteiger partial charge >= 0.3 is 0 Å². The Morgan fingerprint density at radius 3 is 2.22 bits per heavy atom. The van der Waals surface area contributed by atoms with Gasteiger partial charge in [0.2, 0.25) is 0 Å². The summed E-state index contributed by atoms with van der Waals surface area (Å²) in [6, 6.07) is 0. The van der Waals surface area contributed by atoms with E-state index in [1.54, 1.807) is 0 Å². The lowest BCUT2D eigenvalue weighted by atomic mass is 10.5. The van der Waals surface area contributed by atoms with Gasteiger partial charge in [-0.25, -0.2) is 8.42 Å². The van der Waals surface area contributed by atoms with Crippen molar-refractivity contribution in [2.75, 3.05) is 17.9 Å². The van der Waals surface area contributed by atoms with Crippen molar-refractivity contribution < 1.29 is 13.5 Å². The van der Waals surface area contributed by atoms with E-state index >= 15 is 0 Å². The van der Waals surface area contributed by atoms with Gasteiger partial charge in [0.1, 0.15) is 9.84 Å². The molecule has 1 atom stereocenters. The van der Waals surface area contributed by atoms with Crippen molar-refractivity contribution in [3.8, 4) is 0 Å². The molecule has 56 valence electrons. The lowest BCUT2D eigenvalue weighted by Gasteiger charge is -2.02. The van der Waals surface area contributed by atoms with Crippen LogP contribution in [-0.2, 0) is 9.84 Å². The monoisotopic (exact) mass is 172 g/mol. The van der Waals surface area contributed by atoms with Crippen LogP contribution in [0.25, 0.3) is 0 Å². The van der Waals surface area contributed by atoms with Crippen LogP contribution in [0.15, 0.2) is 0 Å². The Hall–Kier alpha value is 0.200. The van der Waals surface area contributed by atoms with Crippen LogP contribution in [-0.4, -0.2) is 37.5 Å². The normalized spacial score (nSPS) is 15.4. The molecule has 0 aromatic carbocycles. The van der Waals surface area contributed by atoms with Crippen LogP contribution in [0, 0.1) is 0 Å². The molecule has 0 aromatic heterocycles. The molecule has 0 bridgehead atoms. The van der Waals surface area contributed by atoms with Crippen molar-refractivity contribution in [2.24, 2.45) is 0 Å². The third kappa shape index (κ3) is 6.08. The Labute approximate surface area is 59.6 Å². The van der Waals surface area contributed by atoms with E-state index in [0.717, 1.165) is 6.26 Å². The first kappa shape index (κ1) is 9.20. The van der Waals surface area contributed by atoms with E-state index in [-0.39, 0.29) is 11.6 Å². The van der Waals surface area contributed by atoms with Crippen molar-refractivity contribution in [1.29, 1.82) is 0 Å². The summed E-state index contributed by atoms with van der Waals surface area (Å²) >= 11 is 5.14. The summed E-state index contributed by atoms with van der Waals surface area (Å²) in [7, 11) is -3.07. The zero-order valence-corrected chi connectivity index (χ0v) is 6.61. The highest BCUT2D eigenvalue weighted by Gasteiger charge is 2.09. The van der Waals surface area contributed by atoms with Crippen LogP contribution in [0.3, 0.4) is 0 Å². The molecule has 3 nitrogen and oxygen atoms in total. The lowest BCUT2D eigenvalue weighted by Crippen LogP contribution is -2.20. The van der Waals surface area contributed by atoms with Gasteiger partial charge in [0, 0.05) is 12.1 Å². The van der Waals surface area contributed by atoms with Crippen molar-refractivity contribution in [2.45, 2.75) is 6.10 Å². The number of aliphatic hydroxyl groups excluding tert-OH is 1. The van der Waals surface area contributed by atoms with E-state index in [1.807, 2.05) is 0 Å². The number of hydrogen-bond acceptors (Lipinski definition) is 3. The number of rotatable bonds is 3. The molecule has 0 spiro atoms. The molecule has 5 heteroatoms. The van der Waals surface area contributed by atoms with Gasteiger partial charge in [-0.05, 0) is 0 Å². The maximum Gasteiger partial charge on any atom is 0.150 e. The Balaban J connectivity index is 3.75. The molecule has 0 heterocycles. The summed E-state index contributed by atoms with van der Waals surface area (Å²) in [5.41, 5.74) is 0. The van der Waals surface area contributed by atoms with E-state index in [9.17, 15) is 8.42 Å². The topological polar surface area (TPSA) is 54.4 Å². The molecule has 9 heavy (non-hydrogen) atoms. The molecule has 0 radical (unpaired) electrons. The summed E-state index contributed by atoms with van der Waals surface area (Å²) in [6.45, 7) is 0. The number of halogens is 1. The molecule has 0 rings (SSSR count). The SMILES string of the molecule is CS(=O)(=O)CC(O)CCl. The largest absolute Gasteiger partial charge is 0.391 e. The molecule has 0 aromatic rings.